The lowest BCUT2D eigenvalue weighted by Gasteiger charge is -2.19. The number of para-hydroxylation sites is 2. The van der Waals surface area contributed by atoms with Crippen molar-refractivity contribution in [3.05, 3.63) is 73.3 Å². The molecule has 1 fully saturated rings. The van der Waals surface area contributed by atoms with Crippen LogP contribution < -0.4 is 26.6 Å². The average Bonchev–Trinajstić information content (AvgIpc) is 3.47. The normalized spacial score (nSPS) is 13.9. The number of hydrogen-bond acceptors (Lipinski definition) is 7. The average molecular weight is 462 g/mol. The van der Waals surface area contributed by atoms with Crippen LogP contribution in [0.5, 0.6) is 11.6 Å². The summed E-state index contributed by atoms with van der Waals surface area (Å²) in [5.74, 6) is -0.228. The molecule has 1 saturated heterocycles. The minimum absolute atomic E-state index is 0.194. The maximum Gasteiger partial charge on any atom is 0.335 e. The molecule has 0 saturated carbocycles. The zero-order valence-corrected chi connectivity index (χ0v) is 18.3. The van der Waals surface area contributed by atoms with Crippen molar-refractivity contribution in [1.29, 1.82) is 0 Å². The number of fused-ring (bicyclic) bond motifs is 1. The highest BCUT2D eigenvalue weighted by Gasteiger charge is 2.19. The van der Waals surface area contributed by atoms with Gasteiger partial charge in [0.1, 0.15) is 11.3 Å². The van der Waals surface area contributed by atoms with Gasteiger partial charge in [-0.3, -0.25) is 14.8 Å². The van der Waals surface area contributed by atoms with Gasteiger partial charge >= 0.3 is 11.4 Å². The first kappa shape index (κ1) is 21.3. The second-order valence-corrected chi connectivity index (χ2v) is 7.92. The second-order valence-electron chi connectivity index (χ2n) is 7.92. The molecular weight excluding hydrogens is 440 g/mol. The zero-order valence-electron chi connectivity index (χ0n) is 18.3. The molecule has 2 aromatic heterocycles. The lowest BCUT2D eigenvalue weighted by atomic mass is 10.2. The Balaban J connectivity index is 1.65. The lowest BCUT2D eigenvalue weighted by molar-refractivity contribution is 0.401. The first-order chi connectivity index (χ1) is 16.5. The van der Waals surface area contributed by atoms with Crippen LogP contribution in [0, 0.1) is 0 Å². The van der Waals surface area contributed by atoms with Crippen molar-refractivity contribution in [1.82, 2.24) is 19.5 Å². The van der Waals surface area contributed by atoms with E-state index in [1.54, 1.807) is 30.3 Å². The Morgan fingerprint density at radius 1 is 1.00 bits per heavy atom. The zero-order chi connectivity index (χ0) is 23.8. The third-order valence-corrected chi connectivity index (χ3v) is 5.84. The van der Waals surface area contributed by atoms with Gasteiger partial charge in [0.15, 0.2) is 0 Å². The number of aliphatic imine (C=N–C) groups is 1. The number of aromatic nitrogens is 4. The summed E-state index contributed by atoms with van der Waals surface area (Å²) < 4.78 is 6.24. The molecule has 0 spiro atoms. The Hall–Kier alpha value is -4.54. The van der Waals surface area contributed by atoms with Gasteiger partial charge < -0.3 is 24.7 Å². The minimum atomic E-state index is -0.812. The van der Waals surface area contributed by atoms with Crippen molar-refractivity contribution in [3.8, 4) is 17.3 Å². The van der Waals surface area contributed by atoms with Crippen LogP contribution in [0.25, 0.3) is 16.7 Å². The van der Waals surface area contributed by atoms with Crippen molar-refractivity contribution in [2.24, 2.45) is 4.99 Å². The summed E-state index contributed by atoms with van der Waals surface area (Å²) in [6.45, 7) is 1.68. The molecule has 0 aliphatic carbocycles. The number of H-pyrrole nitrogens is 3. The smallest absolute Gasteiger partial charge is 0.335 e. The number of nitrogens with zero attached hydrogens (tertiary/aromatic N) is 3. The van der Waals surface area contributed by atoms with E-state index in [4.69, 9.17) is 4.74 Å². The molecule has 0 radical (unpaired) electrons. The van der Waals surface area contributed by atoms with E-state index in [0.717, 1.165) is 36.2 Å². The summed E-state index contributed by atoms with van der Waals surface area (Å²) >= 11 is 0. The molecule has 11 heteroatoms. The lowest BCUT2D eigenvalue weighted by Crippen LogP contribution is -2.31. The number of aromatic hydroxyl groups is 1. The van der Waals surface area contributed by atoms with E-state index in [0.29, 0.717) is 22.5 Å². The predicted octanol–water partition coefficient (Wildman–Crippen LogP) is 1.76. The Kier molecular flexibility index (Phi) is 5.28. The molecule has 34 heavy (non-hydrogen) atoms. The topological polar surface area (TPSA) is 149 Å². The van der Waals surface area contributed by atoms with Gasteiger partial charge in [0, 0.05) is 19.3 Å². The predicted molar refractivity (Wildman–Crippen MR) is 128 cm³/mol. The summed E-state index contributed by atoms with van der Waals surface area (Å²) in [6.07, 6.45) is 3.29. The molecule has 1 aliphatic heterocycles. The number of benzene rings is 2. The molecule has 1 aliphatic rings. The molecule has 3 heterocycles. The maximum absolute atomic E-state index is 12.6. The van der Waals surface area contributed by atoms with Crippen LogP contribution in [0.4, 0.5) is 11.4 Å². The Labute approximate surface area is 192 Å². The van der Waals surface area contributed by atoms with E-state index in [1.165, 1.54) is 13.3 Å². The van der Waals surface area contributed by atoms with Gasteiger partial charge in [-0.25, -0.2) is 14.2 Å². The van der Waals surface area contributed by atoms with E-state index in [1.807, 2.05) is 6.07 Å². The van der Waals surface area contributed by atoms with Gasteiger partial charge in [0.05, 0.1) is 35.2 Å². The van der Waals surface area contributed by atoms with Crippen molar-refractivity contribution in [2.75, 3.05) is 25.1 Å². The first-order valence-electron chi connectivity index (χ1n) is 10.7. The fourth-order valence-electron chi connectivity index (χ4n) is 4.20. The molecule has 0 unspecified atom stereocenters. The summed E-state index contributed by atoms with van der Waals surface area (Å²) in [4.78, 5) is 51.2. The van der Waals surface area contributed by atoms with Crippen LogP contribution in [-0.4, -0.2) is 51.0 Å². The second kappa shape index (κ2) is 8.43. The number of ether oxygens (including phenoxy) is 1. The molecule has 4 N–H and O–H groups in total. The van der Waals surface area contributed by atoms with Crippen LogP contribution >= 0.6 is 0 Å². The molecule has 174 valence electrons. The maximum atomic E-state index is 12.6. The SMILES string of the molecule is COc1ccccc1-n1c(O)c(C=Nc2cc3[nH]c(=O)[nH]c3cc2N2CCCC2)c(=O)[nH]c1=O. The van der Waals surface area contributed by atoms with Gasteiger partial charge in [0.2, 0.25) is 5.88 Å². The summed E-state index contributed by atoms with van der Waals surface area (Å²) in [7, 11) is 1.44. The third kappa shape index (κ3) is 3.66. The molecule has 5 rings (SSSR count). The van der Waals surface area contributed by atoms with Crippen LogP contribution in [0.2, 0.25) is 0 Å². The van der Waals surface area contributed by atoms with E-state index in [9.17, 15) is 19.5 Å². The minimum Gasteiger partial charge on any atom is -0.495 e. The number of anilines is 1. The standard InChI is InChI=1S/C23H22N6O5/c1-34-19-7-3-2-6-17(19)29-21(31)13(20(30)27-23(29)33)12-24-16-10-14-15(26-22(32)25-14)11-18(16)28-8-4-5-9-28/h2-3,6-7,10-12,31H,4-5,8-9H2,1H3,(H2,25,26,32)(H,27,30,33). The van der Waals surface area contributed by atoms with Gasteiger partial charge in [-0.05, 0) is 37.1 Å². The number of rotatable bonds is 5. The quantitative estimate of drug-likeness (QED) is 0.332. The van der Waals surface area contributed by atoms with Crippen LogP contribution in [0.3, 0.4) is 0 Å². The Bertz CT molecular complexity index is 1590. The fourth-order valence-corrected chi connectivity index (χ4v) is 4.20. The highest BCUT2D eigenvalue weighted by atomic mass is 16.5. The molecule has 2 aromatic carbocycles. The highest BCUT2D eigenvalue weighted by molar-refractivity contribution is 5.91. The van der Waals surface area contributed by atoms with Crippen LogP contribution in [0.1, 0.15) is 18.4 Å². The van der Waals surface area contributed by atoms with Gasteiger partial charge in [-0.2, -0.15) is 0 Å². The summed E-state index contributed by atoms with van der Waals surface area (Å²) in [5, 5.41) is 10.9. The number of hydrogen-bond donors (Lipinski definition) is 4. The molecular formula is C23H22N6O5. The summed E-state index contributed by atoms with van der Waals surface area (Å²) in [6, 6.07) is 10.2. The third-order valence-electron chi connectivity index (χ3n) is 5.84. The van der Waals surface area contributed by atoms with Crippen molar-refractivity contribution in [2.45, 2.75) is 12.8 Å². The van der Waals surface area contributed by atoms with Crippen molar-refractivity contribution in [3.63, 3.8) is 0 Å². The molecule has 0 atom stereocenters. The van der Waals surface area contributed by atoms with E-state index < -0.39 is 17.1 Å². The highest BCUT2D eigenvalue weighted by Crippen LogP contribution is 2.34. The van der Waals surface area contributed by atoms with E-state index in [-0.39, 0.29) is 16.9 Å². The Morgan fingerprint density at radius 2 is 1.71 bits per heavy atom. The van der Waals surface area contributed by atoms with Crippen molar-refractivity contribution < 1.29 is 9.84 Å². The van der Waals surface area contributed by atoms with Gasteiger partial charge in [-0.15, -0.1) is 0 Å². The first-order valence-corrected chi connectivity index (χ1v) is 10.7. The van der Waals surface area contributed by atoms with Crippen LogP contribution in [0.15, 0.2) is 55.8 Å². The number of imidazole rings is 1. The summed E-state index contributed by atoms with van der Waals surface area (Å²) in [5.41, 5.74) is 0.673. The molecule has 11 nitrogen and oxygen atoms in total. The van der Waals surface area contributed by atoms with Gasteiger partial charge in [0.25, 0.3) is 5.56 Å². The van der Waals surface area contributed by atoms with E-state index >= 15 is 0 Å². The Morgan fingerprint density at radius 3 is 2.44 bits per heavy atom. The largest absolute Gasteiger partial charge is 0.495 e. The number of methoxy groups -OCH3 is 1. The monoisotopic (exact) mass is 462 g/mol. The number of nitrogens with one attached hydrogen (secondary N) is 3. The van der Waals surface area contributed by atoms with E-state index in [2.05, 4.69) is 24.8 Å². The van der Waals surface area contributed by atoms with Gasteiger partial charge in [-0.1, -0.05) is 12.1 Å². The fraction of sp³-hybridized carbons (Fsp3) is 0.217. The molecule has 0 amide bonds. The van der Waals surface area contributed by atoms with Crippen molar-refractivity contribution >= 4 is 28.6 Å². The molecule has 4 aromatic rings. The molecule has 0 bridgehead atoms. The number of aromatic amines is 3. The van der Waals surface area contributed by atoms with Crippen LogP contribution in [-0.2, 0) is 0 Å².